The van der Waals surface area contributed by atoms with Gasteiger partial charge in [-0.15, -0.1) is 24.0 Å². The highest BCUT2D eigenvalue weighted by atomic mass is 127. The molecule has 29 heavy (non-hydrogen) atoms. The van der Waals surface area contributed by atoms with Crippen LogP contribution < -0.4 is 10.6 Å². The molecule has 1 rings (SSSR count). The number of nitrogens with zero attached hydrogens (tertiary/aromatic N) is 3. The maximum absolute atomic E-state index is 12.4. The topological polar surface area (TPSA) is 60.0 Å². The molecule has 0 aliphatic rings. The van der Waals surface area contributed by atoms with Crippen molar-refractivity contribution in [2.45, 2.75) is 60.2 Å². The van der Waals surface area contributed by atoms with Gasteiger partial charge in [0.25, 0.3) is 5.91 Å². The fraction of sp³-hybridized carbons (Fsp3) is 0.636. The normalized spacial score (nSPS) is 11.6. The van der Waals surface area contributed by atoms with Gasteiger partial charge in [0.1, 0.15) is 0 Å². The van der Waals surface area contributed by atoms with Crippen molar-refractivity contribution in [2.75, 3.05) is 33.2 Å². The number of nitrogens with one attached hydrogen (secondary N) is 2. The molecule has 0 bridgehead atoms. The van der Waals surface area contributed by atoms with Crippen LogP contribution in [0.2, 0.25) is 0 Å². The van der Waals surface area contributed by atoms with E-state index in [2.05, 4.69) is 48.2 Å². The summed E-state index contributed by atoms with van der Waals surface area (Å²) in [5.41, 5.74) is 1.85. The minimum atomic E-state index is 0. The first-order valence-electron chi connectivity index (χ1n) is 10.4. The van der Waals surface area contributed by atoms with Crippen LogP contribution in [0.1, 0.15) is 57.5 Å². The van der Waals surface area contributed by atoms with Crippen molar-refractivity contribution in [3.8, 4) is 0 Å². The molecule has 0 fully saturated rings. The summed E-state index contributed by atoms with van der Waals surface area (Å²) in [7, 11) is 1.78. The highest BCUT2D eigenvalue weighted by Gasteiger charge is 2.13. The molecular formula is C22H40IN5O. The lowest BCUT2D eigenvalue weighted by Crippen LogP contribution is -2.45. The number of amides is 1. The Morgan fingerprint density at radius 2 is 1.55 bits per heavy atom. The number of halogens is 1. The largest absolute Gasteiger partial charge is 0.355 e. The number of carbonyl (C=O) groups is 1. The molecular weight excluding hydrogens is 477 g/mol. The van der Waals surface area contributed by atoms with Gasteiger partial charge in [-0.2, -0.15) is 0 Å². The molecule has 0 aliphatic heterocycles. The summed E-state index contributed by atoms with van der Waals surface area (Å²) in [4.78, 5) is 21.0. The van der Waals surface area contributed by atoms with E-state index in [0.717, 1.165) is 43.3 Å². The zero-order valence-electron chi connectivity index (χ0n) is 19.2. The molecule has 6 nitrogen and oxygen atoms in total. The van der Waals surface area contributed by atoms with Gasteiger partial charge in [-0.05, 0) is 59.2 Å². The van der Waals surface area contributed by atoms with Crippen molar-refractivity contribution in [3.63, 3.8) is 0 Å². The number of carbonyl (C=O) groups excluding carboxylic acids is 1. The van der Waals surface area contributed by atoms with Gasteiger partial charge in [0.2, 0.25) is 0 Å². The van der Waals surface area contributed by atoms with Gasteiger partial charge in [0.05, 0.1) is 0 Å². The fourth-order valence-corrected chi connectivity index (χ4v) is 3.28. The van der Waals surface area contributed by atoms with Crippen LogP contribution in [0.25, 0.3) is 0 Å². The maximum atomic E-state index is 12.4. The first-order valence-corrected chi connectivity index (χ1v) is 10.4. The molecule has 0 saturated carbocycles. The number of rotatable bonds is 10. The van der Waals surface area contributed by atoms with E-state index in [-0.39, 0.29) is 29.9 Å². The first-order chi connectivity index (χ1) is 13.3. The van der Waals surface area contributed by atoms with E-state index in [0.29, 0.717) is 18.6 Å². The smallest absolute Gasteiger partial charge is 0.253 e. The second-order valence-electron chi connectivity index (χ2n) is 7.45. The number of aliphatic imine (C=N–C) groups is 1. The van der Waals surface area contributed by atoms with Gasteiger partial charge in [-0.25, -0.2) is 0 Å². The Morgan fingerprint density at radius 1 is 1.00 bits per heavy atom. The highest BCUT2D eigenvalue weighted by Crippen LogP contribution is 2.08. The van der Waals surface area contributed by atoms with E-state index in [4.69, 9.17) is 0 Å². The van der Waals surface area contributed by atoms with Crippen LogP contribution in [0.5, 0.6) is 0 Å². The summed E-state index contributed by atoms with van der Waals surface area (Å²) < 4.78 is 0. The fourth-order valence-electron chi connectivity index (χ4n) is 3.28. The molecule has 2 N–H and O–H groups in total. The molecule has 0 aliphatic carbocycles. The SMILES string of the molecule is CCN(CC)C(=O)c1ccc(CNC(=NC)NCCN(C(C)C)C(C)C)cc1.I. The number of benzene rings is 1. The Hall–Kier alpha value is -1.35. The molecule has 0 radical (unpaired) electrons. The maximum Gasteiger partial charge on any atom is 0.253 e. The number of hydrogen-bond acceptors (Lipinski definition) is 3. The van der Waals surface area contributed by atoms with Gasteiger partial charge >= 0.3 is 0 Å². The number of hydrogen-bond donors (Lipinski definition) is 2. The van der Waals surface area contributed by atoms with Crippen LogP contribution in [-0.2, 0) is 6.54 Å². The highest BCUT2D eigenvalue weighted by molar-refractivity contribution is 14.0. The van der Waals surface area contributed by atoms with Gasteiger partial charge in [0.15, 0.2) is 5.96 Å². The molecule has 1 amide bonds. The van der Waals surface area contributed by atoms with Gasteiger partial charge < -0.3 is 15.5 Å². The molecule has 0 saturated heterocycles. The molecule has 1 aromatic carbocycles. The zero-order chi connectivity index (χ0) is 21.1. The standard InChI is InChI=1S/C22H39N5O.HI/c1-8-26(9-2)21(28)20-12-10-19(11-13-20)16-25-22(23-7)24-14-15-27(17(3)4)18(5)6;/h10-13,17-18H,8-9,14-16H2,1-7H3,(H2,23,24,25);1H. The van der Waals surface area contributed by atoms with Crippen molar-refractivity contribution in [1.82, 2.24) is 20.4 Å². The minimum Gasteiger partial charge on any atom is -0.355 e. The quantitative estimate of drug-likeness (QED) is 0.283. The second-order valence-corrected chi connectivity index (χ2v) is 7.45. The van der Waals surface area contributed by atoms with Crippen LogP contribution in [0, 0.1) is 0 Å². The minimum absolute atomic E-state index is 0. The summed E-state index contributed by atoms with van der Waals surface area (Å²) in [5.74, 6) is 0.873. The lowest BCUT2D eigenvalue weighted by molar-refractivity contribution is 0.0773. The van der Waals surface area contributed by atoms with Gasteiger partial charge in [-0.1, -0.05) is 12.1 Å². The van der Waals surface area contributed by atoms with Crippen LogP contribution in [0.3, 0.4) is 0 Å². The Balaban J connectivity index is 0.00000784. The van der Waals surface area contributed by atoms with E-state index in [1.165, 1.54) is 0 Å². The molecule has 0 unspecified atom stereocenters. The first kappa shape index (κ1) is 27.6. The summed E-state index contributed by atoms with van der Waals surface area (Å²) >= 11 is 0. The lowest BCUT2D eigenvalue weighted by atomic mass is 10.1. The summed E-state index contributed by atoms with van der Waals surface area (Å²) in [6.45, 7) is 16.8. The second kappa shape index (κ2) is 14.6. The summed E-state index contributed by atoms with van der Waals surface area (Å²) in [5, 5.41) is 6.71. The van der Waals surface area contributed by atoms with Crippen molar-refractivity contribution in [2.24, 2.45) is 4.99 Å². The summed E-state index contributed by atoms with van der Waals surface area (Å²) in [6.07, 6.45) is 0. The molecule has 7 heteroatoms. The Kier molecular flexibility index (Phi) is 13.9. The monoisotopic (exact) mass is 517 g/mol. The van der Waals surface area contributed by atoms with Crippen molar-refractivity contribution >= 4 is 35.8 Å². The average Bonchev–Trinajstić information content (AvgIpc) is 2.68. The average molecular weight is 518 g/mol. The zero-order valence-corrected chi connectivity index (χ0v) is 21.5. The van der Waals surface area contributed by atoms with Crippen molar-refractivity contribution in [3.05, 3.63) is 35.4 Å². The Bertz CT molecular complexity index is 604. The third-order valence-electron chi connectivity index (χ3n) is 4.92. The molecule has 0 spiro atoms. The Labute approximate surface area is 194 Å². The van der Waals surface area contributed by atoms with Crippen molar-refractivity contribution < 1.29 is 4.79 Å². The van der Waals surface area contributed by atoms with E-state index in [9.17, 15) is 4.79 Å². The molecule has 1 aromatic rings. The summed E-state index contributed by atoms with van der Waals surface area (Å²) in [6, 6.07) is 8.84. The Morgan fingerprint density at radius 3 is 2.00 bits per heavy atom. The third kappa shape index (κ3) is 9.33. The van der Waals surface area contributed by atoms with Crippen molar-refractivity contribution in [1.29, 1.82) is 0 Å². The van der Waals surface area contributed by atoms with E-state index in [1.54, 1.807) is 7.05 Å². The molecule has 0 atom stereocenters. The van der Waals surface area contributed by atoms with Gasteiger partial charge in [-0.3, -0.25) is 14.7 Å². The van der Waals surface area contributed by atoms with E-state index in [1.807, 2.05) is 43.0 Å². The predicted octanol–water partition coefficient (Wildman–Crippen LogP) is 3.57. The lowest BCUT2D eigenvalue weighted by Gasteiger charge is -2.30. The third-order valence-corrected chi connectivity index (χ3v) is 4.92. The number of guanidine groups is 1. The van der Waals surface area contributed by atoms with Crippen LogP contribution in [0.15, 0.2) is 29.3 Å². The molecule has 0 aromatic heterocycles. The van der Waals surface area contributed by atoms with Crippen LogP contribution in [-0.4, -0.2) is 67.0 Å². The van der Waals surface area contributed by atoms with E-state index < -0.39 is 0 Å². The van der Waals surface area contributed by atoms with Crippen LogP contribution in [0.4, 0.5) is 0 Å². The van der Waals surface area contributed by atoms with Crippen LogP contribution >= 0.6 is 24.0 Å². The van der Waals surface area contributed by atoms with Gasteiger partial charge in [0, 0.05) is 57.4 Å². The van der Waals surface area contributed by atoms with E-state index >= 15 is 0 Å². The molecule has 0 heterocycles. The predicted molar refractivity (Wildman–Crippen MR) is 134 cm³/mol. The molecule has 166 valence electrons.